The van der Waals surface area contributed by atoms with Crippen molar-refractivity contribution in [1.82, 2.24) is 0 Å². The molecule has 0 saturated heterocycles. The van der Waals surface area contributed by atoms with E-state index >= 15 is 0 Å². The Morgan fingerprint density at radius 3 is 1.92 bits per heavy atom. The van der Waals surface area contributed by atoms with Gasteiger partial charge in [-0.05, 0) is 37.3 Å². The highest BCUT2D eigenvalue weighted by atomic mass is 14.9. The van der Waals surface area contributed by atoms with Crippen molar-refractivity contribution in [2.45, 2.75) is 6.92 Å². The topological polar surface area (TPSA) is 24.4 Å². The zero-order valence-corrected chi connectivity index (χ0v) is 13.7. The van der Waals surface area contributed by atoms with Crippen molar-refractivity contribution >= 4 is 17.1 Å². The smallest absolute Gasteiger partial charge is 0.0726 e. The molecule has 1 N–H and O–H groups in total. The number of anilines is 1. The Hall–Kier alpha value is -3.13. The first kappa shape index (κ1) is 15.8. The fraction of sp³-hybridized carbons (Fsp3) is 0.0455. The monoisotopic (exact) mass is 312 g/mol. The SMILES string of the molecule is C/C(=C/C(=Nc1ccccc1)c1ccccc1)Nc1ccccc1. The molecule has 118 valence electrons. The Labute approximate surface area is 143 Å². The van der Waals surface area contributed by atoms with E-state index < -0.39 is 0 Å². The van der Waals surface area contributed by atoms with Crippen molar-refractivity contribution in [1.29, 1.82) is 0 Å². The van der Waals surface area contributed by atoms with Crippen molar-refractivity contribution in [3.63, 3.8) is 0 Å². The lowest BCUT2D eigenvalue weighted by Gasteiger charge is -2.08. The summed E-state index contributed by atoms with van der Waals surface area (Å²) in [4.78, 5) is 4.81. The van der Waals surface area contributed by atoms with E-state index in [0.29, 0.717) is 0 Å². The van der Waals surface area contributed by atoms with Gasteiger partial charge < -0.3 is 5.32 Å². The lowest BCUT2D eigenvalue weighted by Crippen LogP contribution is -2.02. The van der Waals surface area contributed by atoms with Crippen LogP contribution in [0.15, 0.2) is 108 Å². The third kappa shape index (κ3) is 4.43. The van der Waals surface area contributed by atoms with E-state index in [1.807, 2.05) is 78.9 Å². The predicted molar refractivity (Wildman–Crippen MR) is 103 cm³/mol. The van der Waals surface area contributed by atoms with Gasteiger partial charge in [-0.3, -0.25) is 0 Å². The molecule has 0 unspecified atom stereocenters. The van der Waals surface area contributed by atoms with Crippen molar-refractivity contribution < 1.29 is 0 Å². The van der Waals surface area contributed by atoms with Gasteiger partial charge in [-0.2, -0.15) is 0 Å². The molecule has 24 heavy (non-hydrogen) atoms. The molecule has 0 saturated carbocycles. The Morgan fingerprint density at radius 1 is 0.750 bits per heavy atom. The van der Waals surface area contributed by atoms with Gasteiger partial charge in [0, 0.05) is 16.9 Å². The maximum atomic E-state index is 4.81. The van der Waals surface area contributed by atoms with Crippen LogP contribution < -0.4 is 5.32 Å². The minimum atomic E-state index is 0.933. The van der Waals surface area contributed by atoms with E-state index in [9.17, 15) is 0 Å². The summed E-state index contributed by atoms with van der Waals surface area (Å²) >= 11 is 0. The van der Waals surface area contributed by atoms with Crippen LogP contribution in [-0.4, -0.2) is 5.71 Å². The van der Waals surface area contributed by atoms with Crippen LogP contribution in [0.4, 0.5) is 11.4 Å². The fourth-order valence-electron chi connectivity index (χ4n) is 2.42. The highest BCUT2D eigenvalue weighted by Crippen LogP contribution is 2.16. The number of nitrogens with zero attached hydrogens (tertiary/aromatic N) is 1. The predicted octanol–water partition coefficient (Wildman–Crippen LogP) is 5.82. The average Bonchev–Trinajstić information content (AvgIpc) is 2.63. The van der Waals surface area contributed by atoms with E-state index in [4.69, 9.17) is 4.99 Å². The van der Waals surface area contributed by atoms with Crippen LogP contribution in [0.5, 0.6) is 0 Å². The van der Waals surface area contributed by atoms with Gasteiger partial charge in [0.05, 0.1) is 11.4 Å². The highest BCUT2D eigenvalue weighted by molar-refractivity contribution is 6.10. The van der Waals surface area contributed by atoms with Gasteiger partial charge in [-0.1, -0.05) is 66.7 Å². The van der Waals surface area contributed by atoms with Crippen LogP contribution in [0.1, 0.15) is 12.5 Å². The van der Waals surface area contributed by atoms with Gasteiger partial charge in [-0.25, -0.2) is 4.99 Å². The molecule has 0 heterocycles. The molecule has 0 amide bonds. The summed E-state index contributed by atoms with van der Waals surface area (Å²) in [5.74, 6) is 0. The molecular weight excluding hydrogens is 292 g/mol. The first-order valence-corrected chi connectivity index (χ1v) is 8.01. The molecule has 0 aliphatic rings. The van der Waals surface area contributed by atoms with Crippen molar-refractivity contribution in [3.05, 3.63) is 108 Å². The molecule has 3 rings (SSSR count). The maximum Gasteiger partial charge on any atom is 0.0726 e. The normalized spacial score (nSPS) is 12.0. The summed E-state index contributed by atoms with van der Waals surface area (Å²) in [6.45, 7) is 2.05. The fourth-order valence-corrected chi connectivity index (χ4v) is 2.42. The van der Waals surface area contributed by atoms with Crippen molar-refractivity contribution in [2.24, 2.45) is 4.99 Å². The Morgan fingerprint density at radius 2 is 1.29 bits per heavy atom. The number of allylic oxidation sites excluding steroid dienone is 2. The molecule has 3 aromatic rings. The van der Waals surface area contributed by atoms with Gasteiger partial charge in [0.2, 0.25) is 0 Å². The quantitative estimate of drug-likeness (QED) is 0.589. The summed E-state index contributed by atoms with van der Waals surface area (Å²) in [5, 5.41) is 3.41. The van der Waals surface area contributed by atoms with Gasteiger partial charge in [0.25, 0.3) is 0 Å². The van der Waals surface area contributed by atoms with Crippen LogP contribution >= 0.6 is 0 Å². The lowest BCUT2D eigenvalue weighted by molar-refractivity contribution is 1.37. The number of para-hydroxylation sites is 2. The molecule has 0 bridgehead atoms. The van der Waals surface area contributed by atoms with Gasteiger partial charge >= 0.3 is 0 Å². The zero-order chi connectivity index (χ0) is 16.6. The van der Waals surface area contributed by atoms with Gasteiger partial charge in [0.15, 0.2) is 0 Å². The second-order valence-corrected chi connectivity index (χ2v) is 5.52. The summed E-state index contributed by atoms with van der Waals surface area (Å²) in [6.07, 6.45) is 2.08. The molecule has 0 aliphatic carbocycles. The third-order valence-electron chi connectivity index (χ3n) is 3.54. The van der Waals surface area contributed by atoms with E-state index in [1.54, 1.807) is 0 Å². The highest BCUT2D eigenvalue weighted by Gasteiger charge is 2.02. The van der Waals surface area contributed by atoms with Crippen molar-refractivity contribution in [3.8, 4) is 0 Å². The van der Waals surface area contributed by atoms with Crippen LogP contribution in [-0.2, 0) is 0 Å². The van der Waals surface area contributed by atoms with Gasteiger partial charge in [0.1, 0.15) is 0 Å². The maximum absolute atomic E-state index is 4.81. The van der Waals surface area contributed by atoms with Crippen LogP contribution in [0.3, 0.4) is 0 Å². The molecular formula is C22H20N2. The molecule has 0 spiro atoms. The van der Waals surface area contributed by atoms with Gasteiger partial charge in [-0.15, -0.1) is 0 Å². The molecule has 0 aliphatic heterocycles. The second kappa shape index (κ2) is 7.93. The largest absolute Gasteiger partial charge is 0.359 e. The standard InChI is InChI=1S/C22H20N2/c1-18(23-20-13-7-3-8-14-20)17-22(19-11-5-2-6-12-19)24-21-15-9-4-10-16-21/h2-17,23H,1H3/b18-17-,24-22?. The number of nitrogens with one attached hydrogen (secondary N) is 1. The number of hydrogen-bond acceptors (Lipinski definition) is 2. The molecule has 0 fully saturated rings. The number of rotatable bonds is 5. The molecule has 3 aromatic carbocycles. The molecule has 2 heteroatoms. The zero-order valence-electron chi connectivity index (χ0n) is 13.7. The Kier molecular flexibility index (Phi) is 5.21. The summed E-state index contributed by atoms with van der Waals surface area (Å²) in [5.41, 5.74) is 5.08. The number of aliphatic imine (C=N–C) groups is 1. The Balaban J connectivity index is 1.93. The van der Waals surface area contributed by atoms with E-state index in [2.05, 4.69) is 30.4 Å². The summed E-state index contributed by atoms with van der Waals surface area (Å²) < 4.78 is 0. The number of hydrogen-bond donors (Lipinski definition) is 1. The van der Waals surface area contributed by atoms with E-state index in [1.165, 1.54) is 0 Å². The lowest BCUT2D eigenvalue weighted by atomic mass is 10.1. The summed E-state index contributed by atoms with van der Waals surface area (Å²) in [6, 6.07) is 30.4. The molecule has 0 atom stereocenters. The molecule has 0 aromatic heterocycles. The summed E-state index contributed by atoms with van der Waals surface area (Å²) in [7, 11) is 0. The first-order chi connectivity index (χ1) is 11.8. The second-order valence-electron chi connectivity index (χ2n) is 5.52. The van der Waals surface area contributed by atoms with Crippen LogP contribution in [0.25, 0.3) is 0 Å². The molecule has 2 nitrogen and oxygen atoms in total. The molecule has 0 radical (unpaired) electrons. The third-order valence-corrected chi connectivity index (χ3v) is 3.54. The van der Waals surface area contributed by atoms with Crippen LogP contribution in [0.2, 0.25) is 0 Å². The Bertz CT molecular complexity index is 820. The minimum Gasteiger partial charge on any atom is -0.359 e. The minimum absolute atomic E-state index is 0.933. The van der Waals surface area contributed by atoms with Crippen LogP contribution in [0, 0.1) is 0 Å². The van der Waals surface area contributed by atoms with E-state index in [-0.39, 0.29) is 0 Å². The average molecular weight is 312 g/mol. The first-order valence-electron chi connectivity index (χ1n) is 8.01. The van der Waals surface area contributed by atoms with Crippen molar-refractivity contribution in [2.75, 3.05) is 5.32 Å². The number of benzene rings is 3. The van der Waals surface area contributed by atoms with E-state index in [0.717, 1.165) is 28.3 Å².